The third-order valence-corrected chi connectivity index (χ3v) is 5.21. The number of piperazine rings is 1. The van der Waals surface area contributed by atoms with Crippen molar-refractivity contribution in [1.82, 2.24) is 15.1 Å². The summed E-state index contributed by atoms with van der Waals surface area (Å²) in [6.45, 7) is 4.42. The Labute approximate surface area is 135 Å². The molecule has 22 heavy (non-hydrogen) atoms. The van der Waals surface area contributed by atoms with Crippen LogP contribution in [0.25, 0.3) is 0 Å². The van der Waals surface area contributed by atoms with Gasteiger partial charge in [-0.15, -0.1) is 11.8 Å². The van der Waals surface area contributed by atoms with Crippen molar-refractivity contribution in [3.63, 3.8) is 0 Å². The van der Waals surface area contributed by atoms with Crippen molar-refractivity contribution in [2.75, 3.05) is 37.8 Å². The number of nitrogens with one attached hydrogen (secondary N) is 1. The molecule has 1 unspecified atom stereocenters. The maximum Gasteiger partial charge on any atom is 0.254 e. The Kier molecular flexibility index (Phi) is 4.69. The molecule has 2 aliphatic rings. The molecule has 2 fully saturated rings. The molecule has 0 spiro atoms. The highest BCUT2D eigenvalue weighted by molar-refractivity contribution is 7.99. The average molecular weight is 319 g/mol. The lowest BCUT2D eigenvalue weighted by molar-refractivity contribution is -0.134. The number of nitrogens with zero attached hydrogens (tertiary/aromatic N) is 2. The molecule has 3 rings (SSSR count). The molecule has 1 aromatic rings. The summed E-state index contributed by atoms with van der Waals surface area (Å²) in [6, 6.07) is 7.60. The quantitative estimate of drug-likeness (QED) is 0.881. The van der Waals surface area contributed by atoms with Crippen LogP contribution < -0.4 is 5.32 Å². The van der Waals surface area contributed by atoms with Gasteiger partial charge in [-0.1, -0.05) is 18.2 Å². The van der Waals surface area contributed by atoms with E-state index >= 15 is 0 Å². The van der Waals surface area contributed by atoms with Crippen LogP contribution in [0.4, 0.5) is 0 Å². The number of amides is 2. The summed E-state index contributed by atoms with van der Waals surface area (Å²) in [5.74, 6) is 1.94. The van der Waals surface area contributed by atoms with Crippen LogP contribution in [-0.2, 0) is 4.79 Å². The highest BCUT2D eigenvalue weighted by atomic mass is 32.2. The van der Waals surface area contributed by atoms with Gasteiger partial charge < -0.3 is 9.80 Å². The van der Waals surface area contributed by atoms with Gasteiger partial charge in [-0.25, -0.2) is 0 Å². The van der Waals surface area contributed by atoms with Gasteiger partial charge in [0.15, 0.2) is 0 Å². The van der Waals surface area contributed by atoms with Crippen LogP contribution in [0.2, 0.25) is 0 Å². The summed E-state index contributed by atoms with van der Waals surface area (Å²) in [4.78, 5) is 28.6. The monoisotopic (exact) mass is 319 g/mol. The topological polar surface area (TPSA) is 52.7 Å². The summed E-state index contributed by atoms with van der Waals surface area (Å²) < 4.78 is 0. The summed E-state index contributed by atoms with van der Waals surface area (Å²) in [5.41, 5.74) is 1.76. The van der Waals surface area contributed by atoms with Crippen LogP contribution in [0, 0.1) is 6.92 Å². The third-order valence-electron chi connectivity index (χ3n) is 4.27. The predicted octanol–water partition coefficient (Wildman–Crippen LogP) is 0.942. The van der Waals surface area contributed by atoms with E-state index in [-0.39, 0.29) is 17.9 Å². The van der Waals surface area contributed by atoms with Gasteiger partial charge in [0.25, 0.3) is 5.91 Å². The number of carbonyl (C=O) groups excluding carboxylic acids is 2. The van der Waals surface area contributed by atoms with Gasteiger partial charge in [0.2, 0.25) is 5.91 Å². The minimum absolute atomic E-state index is 0.0522. The fourth-order valence-electron chi connectivity index (χ4n) is 2.89. The van der Waals surface area contributed by atoms with Crippen LogP contribution in [0.3, 0.4) is 0 Å². The standard InChI is InChI=1S/C16H21N3O2S/c1-12-4-2-3-5-13(12)15(20)18-6-8-19(9-7-18)16(21)14-10-22-11-17-14/h2-5,14,17H,6-11H2,1H3. The largest absolute Gasteiger partial charge is 0.338 e. The summed E-state index contributed by atoms with van der Waals surface area (Å²) in [6.07, 6.45) is 0. The van der Waals surface area contributed by atoms with E-state index in [1.165, 1.54) is 0 Å². The SMILES string of the molecule is Cc1ccccc1C(=O)N1CCN(C(=O)C2CSCN2)CC1. The molecule has 0 bridgehead atoms. The molecule has 118 valence electrons. The zero-order valence-corrected chi connectivity index (χ0v) is 13.6. The lowest BCUT2D eigenvalue weighted by Crippen LogP contribution is -2.54. The second-order valence-electron chi connectivity index (χ2n) is 5.70. The van der Waals surface area contributed by atoms with Crippen LogP contribution in [0.1, 0.15) is 15.9 Å². The van der Waals surface area contributed by atoms with Crippen molar-refractivity contribution in [1.29, 1.82) is 0 Å². The Morgan fingerprint density at radius 2 is 1.82 bits per heavy atom. The first-order chi connectivity index (χ1) is 10.7. The molecule has 2 amide bonds. The van der Waals surface area contributed by atoms with Gasteiger partial charge in [0.1, 0.15) is 0 Å². The van der Waals surface area contributed by atoms with Crippen LogP contribution >= 0.6 is 11.8 Å². The van der Waals surface area contributed by atoms with E-state index in [0.717, 1.165) is 22.8 Å². The van der Waals surface area contributed by atoms with Gasteiger partial charge in [0, 0.05) is 43.4 Å². The smallest absolute Gasteiger partial charge is 0.254 e. The molecule has 2 heterocycles. The van der Waals surface area contributed by atoms with Gasteiger partial charge in [-0.05, 0) is 18.6 Å². The van der Waals surface area contributed by atoms with Crippen molar-refractivity contribution in [2.24, 2.45) is 0 Å². The maximum atomic E-state index is 12.6. The number of hydrogen-bond donors (Lipinski definition) is 1. The first kappa shape index (κ1) is 15.4. The Hall–Kier alpha value is -1.53. The molecule has 0 saturated carbocycles. The lowest BCUT2D eigenvalue weighted by atomic mass is 10.1. The first-order valence-electron chi connectivity index (χ1n) is 7.61. The van der Waals surface area contributed by atoms with E-state index in [9.17, 15) is 9.59 Å². The molecular weight excluding hydrogens is 298 g/mol. The fourth-order valence-corrected chi connectivity index (χ4v) is 3.82. The zero-order valence-electron chi connectivity index (χ0n) is 12.7. The molecule has 2 saturated heterocycles. The summed E-state index contributed by atoms with van der Waals surface area (Å²) >= 11 is 1.76. The molecule has 0 radical (unpaired) electrons. The average Bonchev–Trinajstić information content (AvgIpc) is 3.09. The second-order valence-corrected chi connectivity index (χ2v) is 6.73. The Morgan fingerprint density at radius 3 is 2.45 bits per heavy atom. The van der Waals surface area contributed by atoms with Crippen LogP contribution in [-0.4, -0.2) is 65.5 Å². The van der Waals surface area contributed by atoms with E-state index in [4.69, 9.17) is 0 Å². The van der Waals surface area contributed by atoms with Crippen LogP contribution in [0.5, 0.6) is 0 Å². The van der Waals surface area contributed by atoms with E-state index in [2.05, 4.69) is 5.32 Å². The molecule has 1 atom stereocenters. The first-order valence-corrected chi connectivity index (χ1v) is 8.77. The fraction of sp³-hybridized carbons (Fsp3) is 0.500. The van der Waals surface area contributed by atoms with Crippen molar-refractivity contribution in [3.05, 3.63) is 35.4 Å². The van der Waals surface area contributed by atoms with Crippen molar-refractivity contribution in [3.8, 4) is 0 Å². The van der Waals surface area contributed by atoms with Crippen molar-refractivity contribution in [2.45, 2.75) is 13.0 Å². The maximum absolute atomic E-state index is 12.6. The second kappa shape index (κ2) is 6.71. The number of benzene rings is 1. The number of thioether (sulfide) groups is 1. The molecule has 1 N–H and O–H groups in total. The Morgan fingerprint density at radius 1 is 1.14 bits per heavy atom. The van der Waals surface area contributed by atoms with Crippen molar-refractivity contribution < 1.29 is 9.59 Å². The molecule has 5 nitrogen and oxygen atoms in total. The van der Waals surface area contributed by atoms with Gasteiger partial charge in [-0.2, -0.15) is 0 Å². The molecule has 0 aromatic heterocycles. The van der Waals surface area contributed by atoms with Gasteiger partial charge in [0.05, 0.1) is 6.04 Å². The molecule has 1 aromatic carbocycles. The molecular formula is C16H21N3O2S. The van der Waals surface area contributed by atoms with Crippen molar-refractivity contribution >= 4 is 23.6 Å². The highest BCUT2D eigenvalue weighted by Crippen LogP contribution is 2.15. The number of aryl methyl sites for hydroxylation is 1. The lowest BCUT2D eigenvalue weighted by Gasteiger charge is -2.36. The number of rotatable bonds is 2. The van der Waals surface area contributed by atoms with E-state index < -0.39 is 0 Å². The molecule has 2 aliphatic heterocycles. The van der Waals surface area contributed by atoms with Crippen LogP contribution in [0.15, 0.2) is 24.3 Å². The summed E-state index contributed by atoms with van der Waals surface area (Å²) in [7, 11) is 0. The van der Waals surface area contributed by atoms with Gasteiger partial charge in [-0.3, -0.25) is 14.9 Å². The minimum Gasteiger partial charge on any atom is -0.338 e. The number of carbonyl (C=O) groups is 2. The van der Waals surface area contributed by atoms with Gasteiger partial charge >= 0.3 is 0 Å². The minimum atomic E-state index is -0.0522. The Bertz CT molecular complexity index is 564. The third kappa shape index (κ3) is 3.13. The highest BCUT2D eigenvalue weighted by Gasteiger charge is 2.30. The number of hydrogen-bond acceptors (Lipinski definition) is 4. The predicted molar refractivity (Wildman–Crippen MR) is 87.9 cm³/mol. The summed E-state index contributed by atoms with van der Waals surface area (Å²) in [5, 5.41) is 3.21. The van der Waals surface area contributed by atoms with E-state index in [0.29, 0.717) is 26.2 Å². The molecule has 0 aliphatic carbocycles. The zero-order chi connectivity index (χ0) is 15.5. The molecule has 6 heteroatoms. The van der Waals surface area contributed by atoms with E-state index in [1.807, 2.05) is 41.0 Å². The normalized spacial score (nSPS) is 22.0. The Balaban J connectivity index is 1.58. The van der Waals surface area contributed by atoms with E-state index in [1.54, 1.807) is 11.8 Å².